The fraction of sp³-hybridized carbons (Fsp3) is 0.190. The molecule has 0 aromatic heterocycles. The summed E-state index contributed by atoms with van der Waals surface area (Å²) in [7, 11) is 0. The number of amides is 1. The van der Waals surface area contributed by atoms with Crippen LogP contribution in [0.2, 0.25) is 0 Å². The molecule has 0 aliphatic heterocycles. The number of ketones is 1. The highest BCUT2D eigenvalue weighted by Gasteiger charge is 2.16. The van der Waals surface area contributed by atoms with Crippen LogP contribution < -0.4 is 5.32 Å². The van der Waals surface area contributed by atoms with E-state index in [1.54, 1.807) is 43.3 Å². The zero-order valence-electron chi connectivity index (χ0n) is 15.0. The van der Waals surface area contributed by atoms with Gasteiger partial charge in [0.25, 0.3) is 5.78 Å². The maximum atomic E-state index is 11.8. The quantitative estimate of drug-likeness (QED) is 0.439. The van der Waals surface area contributed by atoms with Crippen LogP contribution in [0, 0.1) is 0 Å². The first-order chi connectivity index (χ1) is 13.1. The number of ether oxygens (including phenoxy) is 2. The van der Waals surface area contributed by atoms with Crippen LogP contribution in [0.15, 0.2) is 60.7 Å². The Morgan fingerprint density at radius 1 is 0.963 bits per heavy atom. The summed E-state index contributed by atoms with van der Waals surface area (Å²) < 4.78 is 9.78. The number of benzene rings is 2. The highest BCUT2D eigenvalue weighted by atomic mass is 16.5. The summed E-state index contributed by atoms with van der Waals surface area (Å²) in [6, 6.07) is 15.9. The third kappa shape index (κ3) is 6.78. The molecule has 6 nitrogen and oxygen atoms in total. The molecule has 0 saturated carbocycles. The number of Topliss-reactive ketones (excluding diaryl/α,β-unsaturated/α-hetero) is 1. The standard InChI is InChI=1S/C21H21NO5/c1-2-26-20(24)19(23)18-12-10-16(11-13-18)9-6-14-22-21(25)27-15-17-7-4-3-5-8-17/h3-13H,2,14-15H2,1H3,(H,22,25). The van der Waals surface area contributed by atoms with Gasteiger partial charge in [-0.15, -0.1) is 0 Å². The Hall–Kier alpha value is -3.41. The number of carbonyl (C=O) groups excluding carboxylic acids is 3. The largest absolute Gasteiger partial charge is 0.460 e. The Kier molecular flexibility index (Phi) is 7.78. The minimum absolute atomic E-state index is 0.159. The van der Waals surface area contributed by atoms with Crippen molar-refractivity contribution in [3.05, 3.63) is 77.4 Å². The van der Waals surface area contributed by atoms with Gasteiger partial charge in [-0.2, -0.15) is 0 Å². The van der Waals surface area contributed by atoms with Gasteiger partial charge >= 0.3 is 12.1 Å². The molecule has 6 heteroatoms. The molecular weight excluding hydrogens is 346 g/mol. The van der Waals surface area contributed by atoms with E-state index in [0.29, 0.717) is 6.54 Å². The monoisotopic (exact) mass is 367 g/mol. The third-order valence-corrected chi connectivity index (χ3v) is 3.52. The van der Waals surface area contributed by atoms with E-state index in [2.05, 4.69) is 10.1 Å². The van der Waals surface area contributed by atoms with Crippen LogP contribution >= 0.6 is 0 Å². The molecule has 1 N–H and O–H groups in total. The molecule has 0 aliphatic carbocycles. The number of alkyl carbamates (subject to hydrolysis) is 1. The molecule has 0 atom stereocenters. The molecule has 1 amide bonds. The van der Waals surface area contributed by atoms with Crippen molar-refractivity contribution in [1.82, 2.24) is 5.32 Å². The van der Waals surface area contributed by atoms with Gasteiger partial charge in [0.1, 0.15) is 6.61 Å². The summed E-state index contributed by atoms with van der Waals surface area (Å²) in [6.07, 6.45) is 3.04. The van der Waals surface area contributed by atoms with Crippen molar-refractivity contribution in [3.63, 3.8) is 0 Å². The van der Waals surface area contributed by atoms with Crippen LogP contribution in [-0.2, 0) is 20.9 Å². The lowest BCUT2D eigenvalue weighted by Crippen LogP contribution is -2.24. The van der Waals surface area contributed by atoms with Gasteiger partial charge in [-0.3, -0.25) is 4.79 Å². The Labute approximate surface area is 157 Å². The first-order valence-corrected chi connectivity index (χ1v) is 8.52. The van der Waals surface area contributed by atoms with Gasteiger partial charge in [-0.25, -0.2) is 9.59 Å². The zero-order chi connectivity index (χ0) is 19.5. The fourth-order valence-electron chi connectivity index (χ4n) is 2.17. The minimum Gasteiger partial charge on any atom is -0.460 e. The molecular formula is C21H21NO5. The van der Waals surface area contributed by atoms with Crippen LogP contribution in [0.5, 0.6) is 0 Å². The van der Waals surface area contributed by atoms with Crippen molar-refractivity contribution in [2.24, 2.45) is 0 Å². The predicted octanol–water partition coefficient (Wildman–Crippen LogP) is 3.37. The number of rotatable bonds is 8. The molecule has 0 heterocycles. The average Bonchev–Trinajstić information content (AvgIpc) is 2.70. The molecule has 27 heavy (non-hydrogen) atoms. The highest BCUT2D eigenvalue weighted by molar-refractivity contribution is 6.40. The van der Waals surface area contributed by atoms with Crippen molar-refractivity contribution in [2.75, 3.05) is 13.2 Å². The van der Waals surface area contributed by atoms with E-state index in [-0.39, 0.29) is 18.8 Å². The second-order valence-corrected chi connectivity index (χ2v) is 5.52. The van der Waals surface area contributed by atoms with Crippen molar-refractivity contribution in [3.8, 4) is 0 Å². The lowest BCUT2D eigenvalue weighted by Gasteiger charge is -2.05. The van der Waals surface area contributed by atoms with Gasteiger partial charge in [0, 0.05) is 12.1 Å². The topological polar surface area (TPSA) is 81.7 Å². The Balaban J connectivity index is 1.75. The van der Waals surface area contributed by atoms with E-state index in [4.69, 9.17) is 4.74 Å². The van der Waals surface area contributed by atoms with Crippen LogP contribution in [0.25, 0.3) is 6.08 Å². The molecule has 0 unspecified atom stereocenters. The van der Waals surface area contributed by atoms with E-state index in [1.165, 1.54) is 0 Å². The number of hydrogen-bond acceptors (Lipinski definition) is 5. The number of nitrogens with one attached hydrogen (secondary N) is 1. The Bertz CT molecular complexity index is 797. The highest BCUT2D eigenvalue weighted by Crippen LogP contribution is 2.08. The molecule has 0 spiro atoms. The molecule has 2 aromatic rings. The normalized spacial score (nSPS) is 10.4. The SMILES string of the molecule is CCOC(=O)C(=O)c1ccc(C=CCNC(=O)OCc2ccccc2)cc1. The van der Waals surface area contributed by atoms with E-state index in [9.17, 15) is 14.4 Å². The summed E-state index contributed by atoms with van der Waals surface area (Å²) in [5.41, 5.74) is 2.02. The molecule has 0 radical (unpaired) electrons. The average molecular weight is 367 g/mol. The first kappa shape index (κ1) is 19.9. The molecule has 0 aliphatic rings. The Morgan fingerprint density at radius 2 is 1.67 bits per heavy atom. The summed E-state index contributed by atoms with van der Waals surface area (Å²) in [5, 5.41) is 2.62. The minimum atomic E-state index is -0.862. The van der Waals surface area contributed by atoms with Gasteiger partial charge < -0.3 is 14.8 Å². The van der Waals surface area contributed by atoms with Gasteiger partial charge in [-0.1, -0.05) is 66.7 Å². The maximum absolute atomic E-state index is 11.8. The molecule has 0 fully saturated rings. The molecule has 140 valence electrons. The molecule has 0 saturated heterocycles. The van der Waals surface area contributed by atoms with Crippen molar-refractivity contribution in [2.45, 2.75) is 13.5 Å². The van der Waals surface area contributed by atoms with E-state index >= 15 is 0 Å². The van der Waals surface area contributed by atoms with Crippen molar-refractivity contribution in [1.29, 1.82) is 0 Å². The van der Waals surface area contributed by atoms with Gasteiger partial charge in [-0.05, 0) is 18.1 Å². The summed E-state index contributed by atoms with van der Waals surface area (Å²) in [4.78, 5) is 34.8. The zero-order valence-corrected chi connectivity index (χ0v) is 15.0. The first-order valence-electron chi connectivity index (χ1n) is 8.52. The smallest absolute Gasteiger partial charge is 0.407 e. The van der Waals surface area contributed by atoms with Crippen LogP contribution in [0.1, 0.15) is 28.4 Å². The van der Waals surface area contributed by atoms with E-state index in [1.807, 2.05) is 30.3 Å². The van der Waals surface area contributed by atoms with Crippen molar-refractivity contribution >= 4 is 23.9 Å². The summed E-state index contributed by atoms with van der Waals surface area (Å²) in [5.74, 6) is -1.53. The molecule has 2 rings (SSSR count). The second-order valence-electron chi connectivity index (χ2n) is 5.52. The van der Waals surface area contributed by atoms with Gasteiger partial charge in [0.15, 0.2) is 0 Å². The van der Waals surface area contributed by atoms with Crippen molar-refractivity contribution < 1.29 is 23.9 Å². The van der Waals surface area contributed by atoms with Crippen LogP contribution in [0.3, 0.4) is 0 Å². The fourth-order valence-corrected chi connectivity index (χ4v) is 2.17. The molecule has 0 bridgehead atoms. The third-order valence-electron chi connectivity index (χ3n) is 3.52. The summed E-state index contributed by atoms with van der Waals surface area (Å²) >= 11 is 0. The van der Waals surface area contributed by atoms with Gasteiger partial charge in [0.05, 0.1) is 6.61 Å². The number of carbonyl (C=O) groups is 3. The second kappa shape index (κ2) is 10.6. The number of esters is 1. The lowest BCUT2D eigenvalue weighted by atomic mass is 10.1. The van der Waals surface area contributed by atoms with Gasteiger partial charge in [0.2, 0.25) is 0 Å². The summed E-state index contributed by atoms with van der Waals surface area (Å²) in [6.45, 7) is 2.32. The predicted molar refractivity (Wildman–Crippen MR) is 101 cm³/mol. The van der Waals surface area contributed by atoms with Crippen LogP contribution in [0.4, 0.5) is 4.79 Å². The number of hydrogen-bond donors (Lipinski definition) is 1. The molecule has 2 aromatic carbocycles. The van der Waals surface area contributed by atoms with Crippen LogP contribution in [-0.4, -0.2) is 31.0 Å². The van der Waals surface area contributed by atoms with E-state index < -0.39 is 17.8 Å². The van der Waals surface area contributed by atoms with E-state index in [0.717, 1.165) is 11.1 Å². The Morgan fingerprint density at radius 3 is 2.33 bits per heavy atom. The lowest BCUT2D eigenvalue weighted by molar-refractivity contribution is -0.137. The maximum Gasteiger partial charge on any atom is 0.407 e.